The average molecular weight is 301 g/mol. The number of hydrogen-bond donors (Lipinski definition) is 1. The van der Waals surface area contributed by atoms with Crippen LogP contribution in [0.1, 0.15) is 31.2 Å². The van der Waals surface area contributed by atoms with Crippen molar-refractivity contribution < 1.29 is 17.7 Å². The quantitative estimate of drug-likeness (QED) is 0.829. The highest BCUT2D eigenvalue weighted by atomic mass is 32.2. The van der Waals surface area contributed by atoms with E-state index >= 15 is 0 Å². The topological polar surface area (TPSA) is 92.5 Å². The van der Waals surface area contributed by atoms with E-state index in [0.717, 1.165) is 12.8 Å². The van der Waals surface area contributed by atoms with E-state index in [0.29, 0.717) is 12.2 Å². The van der Waals surface area contributed by atoms with Crippen LogP contribution in [0.25, 0.3) is 0 Å². The van der Waals surface area contributed by atoms with Gasteiger partial charge in [-0.1, -0.05) is 5.16 Å². The number of carbonyl (C=O) groups is 1. The van der Waals surface area contributed by atoms with Gasteiger partial charge < -0.3 is 9.42 Å². The van der Waals surface area contributed by atoms with Crippen LogP contribution in [0.3, 0.4) is 0 Å². The maximum atomic E-state index is 12.2. The van der Waals surface area contributed by atoms with Crippen LogP contribution in [0.4, 0.5) is 0 Å². The fourth-order valence-corrected chi connectivity index (χ4v) is 3.56. The largest absolute Gasteiger partial charge is 0.360 e. The molecule has 1 aliphatic carbocycles. The molecule has 1 heterocycles. The van der Waals surface area contributed by atoms with E-state index in [1.807, 2.05) is 0 Å². The Kier molecular flexibility index (Phi) is 4.14. The van der Waals surface area contributed by atoms with Gasteiger partial charge in [0.05, 0.1) is 0 Å². The molecule has 0 aliphatic heterocycles. The highest BCUT2D eigenvalue weighted by molar-refractivity contribution is 7.89. The lowest BCUT2D eigenvalue weighted by Crippen LogP contribution is -2.38. The van der Waals surface area contributed by atoms with Gasteiger partial charge in [0.15, 0.2) is 5.76 Å². The number of rotatable bonds is 6. The van der Waals surface area contributed by atoms with Crippen LogP contribution in [0.5, 0.6) is 0 Å². The van der Waals surface area contributed by atoms with Crippen molar-refractivity contribution in [2.24, 2.45) is 0 Å². The first-order valence-electron chi connectivity index (χ1n) is 6.52. The lowest BCUT2D eigenvalue weighted by Gasteiger charge is -2.20. The lowest BCUT2D eigenvalue weighted by molar-refractivity contribution is -0.129. The van der Waals surface area contributed by atoms with E-state index in [4.69, 9.17) is 4.52 Å². The average Bonchev–Trinajstić information content (AvgIpc) is 3.10. The molecule has 0 unspecified atom stereocenters. The van der Waals surface area contributed by atoms with E-state index < -0.39 is 10.0 Å². The van der Waals surface area contributed by atoms with E-state index in [2.05, 4.69) is 9.88 Å². The molecular formula is C12H19N3O4S. The van der Waals surface area contributed by atoms with Crippen LogP contribution in [0.2, 0.25) is 0 Å². The number of hydrogen-bond acceptors (Lipinski definition) is 5. The minimum atomic E-state index is -3.65. The number of aromatic nitrogens is 1. The van der Waals surface area contributed by atoms with E-state index in [9.17, 15) is 13.2 Å². The second kappa shape index (κ2) is 5.53. The minimum Gasteiger partial charge on any atom is -0.360 e. The Bertz CT molecular complexity index is 585. The third-order valence-electron chi connectivity index (χ3n) is 3.27. The zero-order valence-electron chi connectivity index (χ0n) is 11.8. The highest BCUT2D eigenvalue weighted by Crippen LogP contribution is 2.26. The normalized spacial score (nSPS) is 15.3. The van der Waals surface area contributed by atoms with Crippen molar-refractivity contribution in [3.8, 4) is 0 Å². The van der Waals surface area contributed by atoms with Crippen LogP contribution in [0.15, 0.2) is 9.42 Å². The number of amides is 1. The van der Waals surface area contributed by atoms with E-state index in [1.165, 1.54) is 6.92 Å². The minimum absolute atomic E-state index is 0.0240. The van der Waals surface area contributed by atoms with Crippen LogP contribution >= 0.6 is 0 Å². The van der Waals surface area contributed by atoms with Crippen molar-refractivity contribution in [3.05, 3.63) is 11.5 Å². The maximum absolute atomic E-state index is 12.2. The van der Waals surface area contributed by atoms with Crippen LogP contribution in [-0.4, -0.2) is 43.5 Å². The first-order valence-corrected chi connectivity index (χ1v) is 8.01. The summed E-state index contributed by atoms with van der Waals surface area (Å²) < 4.78 is 31.7. The van der Waals surface area contributed by atoms with Crippen molar-refractivity contribution in [3.63, 3.8) is 0 Å². The zero-order valence-corrected chi connectivity index (χ0v) is 12.7. The van der Waals surface area contributed by atoms with Gasteiger partial charge in [-0.3, -0.25) is 4.79 Å². The van der Waals surface area contributed by atoms with Crippen LogP contribution in [0, 0.1) is 13.8 Å². The van der Waals surface area contributed by atoms with Crippen molar-refractivity contribution in [2.75, 3.05) is 13.1 Å². The number of nitrogens with one attached hydrogen (secondary N) is 1. The Morgan fingerprint density at radius 1 is 1.45 bits per heavy atom. The Hall–Kier alpha value is -1.41. The maximum Gasteiger partial charge on any atom is 0.246 e. The monoisotopic (exact) mass is 301 g/mol. The Morgan fingerprint density at radius 2 is 2.10 bits per heavy atom. The summed E-state index contributed by atoms with van der Waals surface area (Å²) >= 11 is 0. The summed E-state index contributed by atoms with van der Waals surface area (Å²) in [5.41, 5.74) is 0.334. The van der Waals surface area contributed by atoms with Gasteiger partial charge in [0.1, 0.15) is 10.6 Å². The smallest absolute Gasteiger partial charge is 0.246 e. The number of sulfonamides is 1. The summed E-state index contributed by atoms with van der Waals surface area (Å²) in [7, 11) is -3.65. The summed E-state index contributed by atoms with van der Waals surface area (Å²) in [6.45, 7) is 5.20. The molecule has 0 aromatic carbocycles. The number of carbonyl (C=O) groups excluding carboxylic acids is 1. The number of aryl methyl sites for hydroxylation is 2. The van der Waals surface area contributed by atoms with Crippen molar-refractivity contribution in [1.82, 2.24) is 14.8 Å². The standard InChI is InChI=1S/C12H19N3O4S/c1-8-12(9(2)19-14-8)20(17,18)13-6-7-15(10(3)16)11-4-5-11/h11,13H,4-7H2,1-3H3. The fraction of sp³-hybridized carbons (Fsp3) is 0.667. The third kappa shape index (κ3) is 3.18. The molecule has 0 spiro atoms. The first kappa shape index (κ1) is 15.0. The molecule has 112 valence electrons. The molecule has 0 radical (unpaired) electrons. The van der Waals surface area contributed by atoms with Gasteiger partial charge in [-0.2, -0.15) is 0 Å². The number of nitrogens with zero attached hydrogens (tertiary/aromatic N) is 2. The predicted octanol–water partition coefficient (Wildman–Crippen LogP) is 0.581. The molecule has 1 fully saturated rings. The van der Waals surface area contributed by atoms with Crippen molar-refractivity contribution in [2.45, 2.75) is 44.6 Å². The summed E-state index contributed by atoms with van der Waals surface area (Å²) in [6.07, 6.45) is 1.99. The molecule has 2 rings (SSSR count). The summed E-state index contributed by atoms with van der Waals surface area (Å²) in [4.78, 5) is 13.2. The predicted molar refractivity (Wildman–Crippen MR) is 71.6 cm³/mol. The molecule has 0 bridgehead atoms. The van der Waals surface area contributed by atoms with Gasteiger partial charge in [-0.05, 0) is 26.7 Å². The SMILES string of the molecule is CC(=O)N(CCNS(=O)(=O)c1c(C)noc1C)C1CC1. The zero-order chi connectivity index (χ0) is 14.9. The van der Waals surface area contributed by atoms with Gasteiger partial charge >= 0.3 is 0 Å². The highest BCUT2D eigenvalue weighted by Gasteiger charge is 2.31. The Morgan fingerprint density at radius 3 is 2.55 bits per heavy atom. The molecule has 1 amide bonds. The van der Waals surface area contributed by atoms with Gasteiger partial charge in [-0.25, -0.2) is 13.1 Å². The van der Waals surface area contributed by atoms with Gasteiger partial charge in [0.2, 0.25) is 15.9 Å². The fourth-order valence-electron chi connectivity index (χ4n) is 2.21. The van der Waals surface area contributed by atoms with Crippen LogP contribution in [-0.2, 0) is 14.8 Å². The van der Waals surface area contributed by atoms with Crippen molar-refractivity contribution in [1.29, 1.82) is 0 Å². The molecule has 0 atom stereocenters. The van der Waals surface area contributed by atoms with E-state index in [-0.39, 0.29) is 29.1 Å². The summed E-state index contributed by atoms with van der Waals surface area (Å²) in [5, 5.41) is 3.63. The Balaban J connectivity index is 1.98. The van der Waals surface area contributed by atoms with Gasteiger partial charge in [-0.15, -0.1) is 0 Å². The molecule has 1 aromatic heterocycles. The van der Waals surface area contributed by atoms with Crippen LogP contribution < -0.4 is 4.72 Å². The molecule has 20 heavy (non-hydrogen) atoms. The molecule has 7 nitrogen and oxygen atoms in total. The summed E-state index contributed by atoms with van der Waals surface area (Å²) in [5.74, 6) is 0.240. The molecule has 1 N–H and O–H groups in total. The molecule has 1 saturated carbocycles. The first-order chi connectivity index (χ1) is 9.33. The second-order valence-corrected chi connectivity index (χ2v) is 6.70. The van der Waals surface area contributed by atoms with Gasteiger partial charge in [0, 0.05) is 26.1 Å². The summed E-state index contributed by atoms with van der Waals surface area (Å²) in [6, 6.07) is 0.274. The van der Waals surface area contributed by atoms with E-state index in [1.54, 1.807) is 18.7 Å². The molecule has 1 aromatic rings. The Labute approximate surface area is 118 Å². The van der Waals surface area contributed by atoms with Crippen molar-refractivity contribution >= 4 is 15.9 Å². The molecule has 0 saturated heterocycles. The van der Waals surface area contributed by atoms with Gasteiger partial charge in [0.25, 0.3) is 0 Å². The molecule has 8 heteroatoms. The second-order valence-electron chi connectivity index (χ2n) is 4.99. The molecule has 1 aliphatic rings. The third-order valence-corrected chi connectivity index (χ3v) is 4.98. The molecular weight excluding hydrogens is 282 g/mol. The lowest BCUT2D eigenvalue weighted by atomic mass is 10.4.